The highest BCUT2D eigenvalue weighted by molar-refractivity contribution is 5.91. The number of rotatable bonds is 7. The van der Waals surface area contributed by atoms with Crippen molar-refractivity contribution >= 4 is 17.8 Å². The Morgan fingerprint density at radius 1 is 1.20 bits per heavy atom. The van der Waals surface area contributed by atoms with Gasteiger partial charge in [-0.2, -0.15) is 14.0 Å². The Bertz CT molecular complexity index is 769. The van der Waals surface area contributed by atoms with Gasteiger partial charge in [0.05, 0.1) is 17.8 Å². The van der Waals surface area contributed by atoms with Crippen molar-refractivity contribution in [3.8, 4) is 11.8 Å². The number of alkyl halides is 2. The fourth-order valence-corrected chi connectivity index (χ4v) is 1.75. The maximum absolute atomic E-state index is 12.0. The molecule has 0 fully saturated rings. The van der Waals surface area contributed by atoms with Crippen LogP contribution in [-0.4, -0.2) is 25.3 Å². The Morgan fingerprint density at radius 2 is 1.88 bits per heavy atom. The number of halogens is 2. The van der Waals surface area contributed by atoms with E-state index >= 15 is 0 Å². The van der Waals surface area contributed by atoms with Crippen LogP contribution in [0.5, 0.6) is 5.75 Å². The summed E-state index contributed by atoms with van der Waals surface area (Å²) in [6.45, 7) is -3.18. The van der Waals surface area contributed by atoms with Gasteiger partial charge in [0, 0.05) is 5.69 Å². The van der Waals surface area contributed by atoms with E-state index in [1.54, 1.807) is 24.3 Å². The molecule has 128 valence electrons. The van der Waals surface area contributed by atoms with Crippen LogP contribution < -0.4 is 10.1 Å². The highest BCUT2D eigenvalue weighted by Crippen LogP contribution is 2.14. The topological polar surface area (TPSA) is 83.7 Å². The van der Waals surface area contributed by atoms with Crippen LogP contribution in [-0.2, 0) is 9.63 Å². The first-order chi connectivity index (χ1) is 12.1. The van der Waals surface area contributed by atoms with E-state index in [1.165, 1.54) is 30.5 Å². The number of amides is 1. The Balaban J connectivity index is 1.76. The van der Waals surface area contributed by atoms with E-state index in [0.29, 0.717) is 16.8 Å². The lowest BCUT2D eigenvalue weighted by atomic mass is 10.2. The van der Waals surface area contributed by atoms with Crippen LogP contribution in [0.1, 0.15) is 11.1 Å². The summed E-state index contributed by atoms with van der Waals surface area (Å²) >= 11 is 0. The standard InChI is InChI=1S/C17H13F2N3O3/c18-17(19)25-15-7-3-13(4-8-15)10-21-24-11-16(23)22-14-5-1-12(9-20)2-6-14/h1-8,10,17H,11H2,(H,22,23)/b21-10-. The van der Waals surface area contributed by atoms with Crippen molar-refractivity contribution in [1.29, 1.82) is 5.26 Å². The molecule has 2 aromatic carbocycles. The molecule has 0 aliphatic rings. The molecule has 1 N–H and O–H groups in total. The van der Waals surface area contributed by atoms with Crippen molar-refractivity contribution in [2.75, 3.05) is 11.9 Å². The monoisotopic (exact) mass is 345 g/mol. The fourth-order valence-electron chi connectivity index (χ4n) is 1.75. The maximum atomic E-state index is 12.0. The van der Waals surface area contributed by atoms with Crippen molar-refractivity contribution in [2.24, 2.45) is 5.16 Å². The van der Waals surface area contributed by atoms with Crippen molar-refractivity contribution in [3.63, 3.8) is 0 Å². The summed E-state index contributed by atoms with van der Waals surface area (Å²) in [5.41, 5.74) is 1.61. The van der Waals surface area contributed by atoms with Crippen LogP contribution in [0.2, 0.25) is 0 Å². The van der Waals surface area contributed by atoms with Crippen molar-refractivity contribution in [2.45, 2.75) is 6.61 Å². The average molecular weight is 345 g/mol. The van der Waals surface area contributed by atoms with E-state index < -0.39 is 12.5 Å². The van der Waals surface area contributed by atoms with Gasteiger partial charge in [-0.1, -0.05) is 5.16 Å². The van der Waals surface area contributed by atoms with E-state index in [4.69, 9.17) is 10.1 Å². The van der Waals surface area contributed by atoms with Crippen LogP contribution in [0, 0.1) is 11.3 Å². The van der Waals surface area contributed by atoms with Gasteiger partial charge in [-0.3, -0.25) is 4.79 Å². The number of hydrogen-bond donors (Lipinski definition) is 1. The summed E-state index contributed by atoms with van der Waals surface area (Å²) in [7, 11) is 0. The zero-order valence-corrected chi connectivity index (χ0v) is 12.9. The molecular weight excluding hydrogens is 332 g/mol. The van der Waals surface area contributed by atoms with E-state index in [-0.39, 0.29) is 12.4 Å². The number of nitrogens with zero attached hydrogens (tertiary/aromatic N) is 2. The molecule has 0 radical (unpaired) electrons. The van der Waals surface area contributed by atoms with E-state index in [0.717, 1.165) is 0 Å². The zero-order chi connectivity index (χ0) is 18.1. The minimum absolute atomic E-state index is 0.0369. The van der Waals surface area contributed by atoms with Gasteiger partial charge in [-0.25, -0.2) is 0 Å². The Kier molecular flexibility index (Phi) is 6.42. The number of nitriles is 1. The van der Waals surface area contributed by atoms with Crippen molar-refractivity contribution in [3.05, 3.63) is 59.7 Å². The summed E-state index contributed by atoms with van der Waals surface area (Å²) in [6.07, 6.45) is 1.33. The van der Waals surface area contributed by atoms with Gasteiger partial charge in [0.15, 0.2) is 6.61 Å². The highest BCUT2D eigenvalue weighted by atomic mass is 19.3. The summed E-state index contributed by atoms with van der Waals surface area (Å²) < 4.78 is 28.3. The lowest BCUT2D eigenvalue weighted by Gasteiger charge is -2.04. The zero-order valence-electron chi connectivity index (χ0n) is 12.9. The highest BCUT2D eigenvalue weighted by Gasteiger charge is 2.04. The fraction of sp³-hybridized carbons (Fsp3) is 0.118. The Morgan fingerprint density at radius 3 is 2.48 bits per heavy atom. The number of oxime groups is 1. The number of hydrogen-bond acceptors (Lipinski definition) is 5. The first-order valence-corrected chi connectivity index (χ1v) is 7.07. The molecule has 0 saturated heterocycles. The van der Waals surface area contributed by atoms with Crippen molar-refractivity contribution in [1.82, 2.24) is 0 Å². The normalized spacial score (nSPS) is 10.5. The SMILES string of the molecule is N#Cc1ccc(NC(=O)CO/N=C\c2ccc(OC(F)F)cc2)cc1. The minimum Gasteiger partial charge on any atom is -0.435 e. The van der Waals surface area contributed by atoms with Gasteiger partial charge < -0.3 is 14.9 Å². The molecule has 6 nitrogen and oxygen atoms in total. The van der Waals surface area contributed by atoms with Crippen LogP contribution in [0.25, 0.3) is 0 Å². The van der Waals surface area contributed by atoms with Crippen LogP contribution in [0.15, 0.2) is 53.7 Å². The van der Waals surface area contributed by atoms with Gasteiger partial charge in [0.1, 0.15) is 5.75 Å². The second-order valence-corrected chi connectivity index (χ2v) is 4.69. The van der Waals surface area contributed by atoms with Crippen LogP contribution >= 0.6 is 0 Å². The number of ether oxygens (including phenoxy) is 1. The number of carbonyl (C=O) groups excluding carboxylic acids is 1. The molecule has 0 saturated carbocycles. The molecule has 0 heterocycles. The lowest BCUT2D eigenvalue weighted by molar-refractivity contribution is -0.120. The van der Waals surface area contributed by atoms with E-state index in [1.807, 2.05) is 6.07 Å². The first kappa shape index (κ1) is 17.9. The van der Waals surface area contributed by atoms with Gasteiger partial charge in [0.2, 0.25) is 0 Å². The smallest absolute Gasteiger partial charge is 0.387 e. The third-order valence-corrected chi connectivity index (χ3v) is 2.87. The molecular formula is C17H13F2N3O3. The quantitative estimate of drug-likeness (QED) is 0.617. The van der Waals surface area contributed by atoms with Gasteiger partial charge in [-0.05, 0) is 54.1 Å². The average Bonchev–Trinajstić information content (AvgIpc) is 2.60. The predicted molar refractivity (Wildman–Crippen MR) is 86.4 cm³/mol. The molecule has 25 heavy (non-hydrogen) atoms. The van der Waals surface area contributed by atoms with E-state index in [9.17, 15) is 13.6 Å². The number of anilines is 1. The maximum Gasteiger partial charge on any atom is 0.387 e. The molecule has 0 atom stereocenters. The Labute approximate surface area is 142 Å². The molecule has 0 aliphatic heterocycles. The molecule has 2 rings (SSSR count). The summed E-state index contributed by atoms with van der Waals surface area (Å²) in [5.74, 6) is -0.377. The summed E-state index contributed by atoms with van der Waals surface area (Å²) in [4.78, 5) is 16.5. The largest absolute Gasteiger partial charge is 0.435 e. The Hall–Kier alpha value is -3.47. The van der Waals surface area contributed by atoms with Gasteiger partial charge >= 0.3 is 6.61 Å². The molecule has 2 aromatic rings. The molecule has 1 amide bonds. The molecule has 0 aromatic heterocycles. The second kappa shape index (κ2) is 8.98. The summed E-state index contributed by atoms with van der Waals surface area (Å²) in [6, 6.07) is 14.1. The third-order valence-electron chi connectivity index (χ3n) is 2.87. The lowest BCUT2D eigenvalue weighted by Crippen LogP contribution is -2.16. The summed E-state index contributed by atoms with van der Waals surface area (Å²) in [5, 5.41) is 14.9. The van der Waals surface area contributed by atoms with Gasteiger partial charge in [0.25, 0.3) is 5.91 Å². The predicted octanol–water partition coefficient (Wildman–Crippen LogP) is 3.15. The molecule has 0 unspecified atom stereocenters. The molecule has 8 heteroatoms. The minimum atomic E-state index is -2.88. The molecule has 0 bridgehead atoms. The first-order valence-electron chi connectivity index (χ1n) is 7.07. The van der Waals surface area contributed by atoms with Gasteiger partial charge in [-0.15, -0.1) is 0 Å². The van der Waals surface area contributed by atoms with Crippen LogP contribution in [0.4, 0.5) is 14.5 Å². The van der Waals surface area contributed by atoms with Crippen LogP contribution in [0.3, 0.4) is 0 Å². The number of carbonyl (C=O) groups is 1. The van der Waals surface area contributed by atoms with Crippen molar-refractivity contribution < 1.29 is 23.1 Å². The number of benzene rings is 2. The number of nitrogens with one attached hydrogen (secondary N) is 1. The third kappa shape index (κ3) is 6.27. The molecule has 0 aliphatic carbocycles. The second-order valence-electron chi connectivity index (χ2n) is 4.69. The molecule has 0 spiro atoms. The van der Waals surface area contributed by atoms with E-state index in [2.05, 4.69) is 15.2 Å².